The van der Waals surface area contributed by atoms with Gasteiger partial charge in [-0.15, -0.1) is 0 Å². The van der Waals surface area contributed by atoms with Gasteiger partial charge in [0.25, 0.3) is 0 Å². The van der Waals surface area contributed by atoms with Crippen LogP contribution in [0.3, 0.4) is 0 Å². The van der Waals surface area contributed by atoms with E-state index in [1.807, 2.05) is 13.0 Å². The molecule has 0 unspecified atom stereocenters. The van der Waals surface area contributed by atoms with Crippen LogP contribution in [0.15, 0.2) is 11.1 Å². The normalized spacial score (nSPS) is 12.1. The van der Waals surface area contributed by atoms with Crippen LogP contribution in [0.25, 0.3) is 0 Å². The van der Waals surface area contributed by atoms with Gasteiger partial charge in [0.05, 0.1) is 0 Å². The topological polar surface area (TPSA) is 20.2 Å². The predicted octanol–water partition coefficient (Wildman–Crippen LogP) is 1.90. The number of allylic oxidation sites excluding steroid dienone is 2. The number of halogens is 1. The van der Waals surface area contributed by atoms with E-state index in [1.54, 1.807) is 0 Å². The van der Waals surface area contributed by atoms with Crippen molar-refractivity contribution in [2.24, 2.45) is 0 Å². The Balaban J connectivity index is 3.03. The summed E-state index contributed by atoms with van der Waals surface area (Å²) in [4.78, 5) is 0. The fourth-order valence-corrected chi connectivity index (χ4v) is 0.501. The van der Waals surface area contributed by atoms with Crippen molar-refractivity contribution in [1.82, 2.24) is 0 Å². The van der Waals surface area contributed by atoms with Crippen molar-refractivity contribution in [1.29, 1.82) is 0 Å². The first kappa shape index (κ1) is 7.99. The molecule has 1 nitrogen and oxygen atoms in total. The molecule has 0 radical (unpaired) electrons. The Morgan fingerprint density at radius 1 is 1.75 bits per heavy atom. The minimum absolute atomic E-state index is 0.251. The zero-order chi connectivity index (χ0) is 6.41. The zero-order valence-corrected chi connectivity index (χ0v) is 5.78. The monoisotopic (exact) mass is 134 g/mol. The van der Waals surface area contributed by atoms with Gasteiger partial charge in [0.1, 0.15) is 0 Å². The van der Waals surface area contributed by atoms with Crippen molar-refractivity contribution in [2.75, 3.05) is 6.61 Å². The molecule has 8 heavy (non-hydrogen) atoms. The number of unbranched alkanes of at least 4 members (excludes halogenated alkanes) is 1. The average Bonchev–Trinajstić information content (AvgIpc) is 1.66. The molecular weight excluding hydrogens is 124 g/mol. The molecule has 0 aromatic heterocycles. The molecule has 0 aromatic carbocycles. The van der Waals surface area contributed by atoms with E-state index in [2.05, 4.69) is 0 Å². The van der Waals surface area contributed by atoms with Crippen LogP contribution < -0.4 is 0 Å². The van der Waals surface area contributed by atoms with Crippen molar-refractivity contribution in [3.63, 3.8) is 0 Å². The summed E-state index contributed by atoms with van der Waals surface area (Å²) in [6, 6.07) is 0. The predicted molar refractivity (Wildman–Crippen MR) is 35.9 cm³/mol. The smallest absolute Gasteiger partial charge is 0.0433 e. The molecule has 0 aliphatic carbocycles. The third-order valence-corrected chi connectivity index (χ3v) is 0.942. The van der Waals surface area contributed by atoms with Crippen molar-refractivity contribution in [3.8, 4) is 0 Å². The maximum Gasteiger partial charge on any atom is 0.0433 e. The molecule has 2 heteroatoms. The second-order valence-electron chi connectivity index (χ2n) is 1.66. The molecule has 0 rings (SSSR count). The van der Waals surface area contributed by atoms with Crippen molar-refractivity contribution in [3.05, 3.63) is 11.1 Å². The lowest BCUT2D eigenvalue weighted by Gasteiger charge is -1.87. The lowest BCUT2D eigenvalue weighted by molar-refractivity contribution is 0.289. The molecule has 0 heterocycles. The summed E-state index contributed by atoms with van der Waals surface area (Å²) in [5.41, 5.74) is 0. The summed E-state index contributed by atoms with van der Waals surface area (Å²) >= 11 is 5.49. The van der Waals surface area contributed by atoms with E-state index in [1.165, 1.54) is 0 Å². The molecule has 0 bridgehead atoms. The second-order valence-corrected chi connectivity index (χ2v) is 2.25. The minimum Gasteiger partial charge on any atom is -0.396 e. The van der Waals surface area contributed by atoms with Crippen LogP contribution in [0.5, 0.6) is 0 Å². The Bertz CT molecular complexity index is 74.6. The average molecular weight is 135 g/mol. The molecule has 1 N–H and O–H groups in total. The van der Waals surface area contributed by atoms with Crippen LogP contribution in [0.1, 0.15) is 19.8 Å². The largest absolute Gasteiger partial charge is 0.396 e. The molecule has 0 amide bonds. The fourth-order valence-electron chi connectivity index (χ4n) is 0.392. The maximum absolute atomic E-state index is 8.31. The SMILES string of the molecule is CC(Cl)=CCCCO. The third kappa shape index (κ3) is 5.99. The molecule has 0 saturated carbocycles. The first-order valence-corrected chi connectivity index (χ1v) is 3.08. The Labute approximate surface area is 55.0 Å². The molecule has 0 fully saturated rings. The maximum atomic E-state index is 8.31. The molecule has 0 aromatic rings. The highest BCUT2D eigenvalue weighted by Crippen LogP contribution is 2.00. The number of aliphatic hydroxyl groups excluding tert-OH is 1. The quantitative estimate of drug-likeness (QED) is 0.585. The molecular formula is C6H11ClO. The van der Waals surface area contributed by atoms with E-state index in [0.29, 0.717) is 0 Å². The van der Waals surface area contributed by atoms with E-state index in [0.717, 1.165) is 17.9 Å². The fraction of sp³-hybridized carbons (Fsp3) is 0.667. The first-order chi connectivity index (χ1) is 3.77. The van der Waals surface area contributed by atoms with Gasteiger partial charge in [-0.3, -0.25) is 0 Å². The van der Waals surface area contributed by atoms with E-state index >= 15 is 0 Å². The zero-order valence-electron chi connectivity index (χ0n) is 5.02. The summed E-state index contributed by atoms with van der Waals surface area (Å²) in [7, 11) is 0. The van der Waals surface area contributed by atoms with Crippen LogP contribution in [0.4, 0.5) is 0 Å². The van der Waals surface area contributed by atoms with E-state index in [-0.39, 0.29) is 6.61 Å². The van der Waals surface area contributed by atoms with Crippen molar-refractivity contribution < 1.29 is 5.11 Å². The van der Waals surface area contributed by atoms with Crippen LogP contribution >= 0.6 is 11.6 Å². The Hall–Kier alpha value is -0.0100. The van der Waals surface area contributed by atoms with Crippen molar-refractivity contribution >= 4 is 11.6 Å². The van der Waals surface area contributed by atoms with E-state index in [4.69, 9.17) is 16.7 Å². The van der Waals surface area contributed by atoms with Crippen LogP contribution in [0.2, 0.25) is 0 Å². The van der Waals surface area contributed by atoms with Gasteiger partial charge >= 0.3 is 0 Å². The highest BCUT2D eigenvalue weighted by atomic mass is 35.5. The Kier molecular flexibility index (Phi) is 5.13. The van der Waals surface area contributed by atoms with Crippen LogP contribution in [-0.4, -0.2) is 11.7 Å². The number of hydrogen-bond acceptors (Lipinski definition) is 1. The summed E-state index contributed by atoms with van der Waals surface area (Å²) < 4.78 is 0. The highest BCUT2D eigenvalue weighted by molar-refractivity contribution is 6.29. The van der Waals surface area contributed by atoms with Gasteiger partial charge in [-0.25, -0.2) is 0 Å². The number of hydrogen-bond donors (Lipinski definition) is 1. The van der Waals surface area contributed by atoms with E-state index < -0.39 is 0 Å². The van der Waals surface area contributed by atoms with Gasteiger partial charge in [-0.1, -0.05) is 17.7 Å². The number of rotatable bonds is 3. The molecule has 0 atom stereocenters. The molecule has 0 aliphatic rings. The lowest BCUT2D eigenvalue weighted by Crippen LogP contribution is -1.78. The lowest BCUT2D eigenvalue weighted by atomic mass is 10.3. The summed E-state index contributed by atoms with van der Waals surface area (Å²) in [6.45, 7) is 2.08. The molecule has 0 aliphatic heterocycles. The van der Waals surface area contributed by atoms with Crippen LogP contribution in [0, 0.1) is 0 Å². The van der Waals surface area contributed by atoms with Gasteiger partial charge in [0.15, 0.2) is 0 Å². The van der Waals surface area contributed by atoms with Gasteiger partial charge in [0, 0.05) is 11.6 Å². The minimum atomic E-state index is 0.251. The van der Waals surface area contributed by atoms with Gasteiger partial charge < -0.3 is 5.11 Å². The Morgan fingerprint density at radius 2 is 2.38 bits per heavy atom. The second kappa shape index (κ2) is 5.13. The standard InChI is InChI=1S/C6H11ClO/c1-6(7)4-2-3-5-8/h4,8H,2-3,5H2,1H3. The van der Waals surface area contributed by atoms with E-state index in [9.17, 15) is 0 Å². The molecule has 0 saturated heterocycles. The Morgan fingerprint density at radius 3 is 2.75 bits per heavy atom. The van der Waals surface area contributed by atoms with Gasteiger partial charge in [-0.2, -0.15) is 0 Å². The van der Waals surface area contributed by atoms with Gasteiger partial charge in [0.2, 0.25) is 0 Å². The summed E-state index contributed by atoms with van der Waals surface area (Å²) in [5, 5.41) is 9.11. The first-order valence-electron chi connectivity index (χ1n) is 2.70. The van der Waals surface area contributed by atoms with Crippen molar-refractivity contribution in [2.45, 2.75) is 19.8 Å². The number of aliphatic hydroxyl groups is 1. The third-order valence-electron chi connectivity index (χ3n) is 0.788. The summed E-state index contributed by atoms with van der Waals surface area (Å²) in [6.07, 6.45) is 3.59. The van der Waals surface area contributed by atoms with Gasteiger partial charge in [-0.05, 0) is 19.8 Å². The van der Waals surface area contributed by atoms with Crippen LogP contribution in [-0.2, 0) is 0 Å². The molecule has 48 valence electrons. The molecule has 0 spiro atoms. The highest BCUT2D eigenvalue weighted by Gasteiger charge is 1.80. The summed E-state index contributed by atoms with van der Waals surface area (Å²) in [5.74, 6) is 0.